The van der Waals surface area contributed by atoms with Gasteiger partial charge >= 0.3 is 0 Å². The Morgan fingerprint density at radius 3 is 2.32 bits per heavy atom. The summed E-state index contributed by atoms with van der Waals surface area (Å²) in [7, 11) is 2.12. The van der Waals surface area contributed by atoms with Gasteiger partial charge in [0.2, 0.25) is 0 Å². The predicted molar refractivity (Wildman–Crippen MR) is 116 cm³/mol. The van der Waals surface area contributed by atoms with Crippen LogP contribution in [-0.4, -0.2) is 50.6 Å². The molecule has 1 heterocycles. The van der Waals surface area contributed by atoms with Gasteiger partial charge in [0.15, 0.2) is 6.61 Å². The molecule has 0 saturated carbocycles. The molecule has 1 N–H and O–H groups in total. The van der Waals surface area contributed by atoms with Crippen molar-refractivity contribution in [1.29, 1.82) is 0 Å². The molecule has 0 aromatic heterocycles. The third-order valence-electron chi connectivity index (χ3n) is 4.86. The molecule has 7 heteroatoms. The van der Waals surface area contributed by atoms with Crippen LogP contribution in [-0.2, 0) is 4.79 Å². The number of benzene rings is 2. The van der Waals surface area contributed by atoms with Crippen LogP contribution in [0, 0.1) is 13.8 Å². The standard InChI is InChI=1S/C21H25Cl2N3O2/c1-14-10-17(11-15(2)21(14)23)28-13-20(27)24-16-4-5-19(18(22)12-16)26-8-6-25(3)7-9-26/h4-5,10-12H,6-9,13H2,1-3H3,(H,24,27). The van der Waals surface area contributed by atoms with E-state index in [0.717, 1.165) is 43.0 Å². The molecule has 28 heavy (non-hydrogen) atoms. The summed E-state index contributed by atoms with van der Waals surface area (Å²) in [6.45, 7) is 7.63. The van der Waals surface area contributed by atoms with Crippen LogP contribution in [0.3, 0.4) is 0 Å². The number of anilines is 2. The molecule has 0 radical (unpaired) electrons. The molecule has 1 aliphatic rings. The van der Waals surface area contributed by atoms with Crippen molar-refractivity contribution in [3.05, 3.63) is 51.5 Å². The fourth-order valence-electron chi connectivity index (χ4n) is 3.22. The molecule has 2 aromatic carbocycles. The number of rotatable bonds is 5. The number of nitrogens with zero attached hydrogens (tertiary/aromatic N) is 2. The van der Waals surface area contributed by atoms with Crippen LogP contribution < -0.4 is 15.0 Å². The normalized spacial score (nSPS) is 14.8. The summed E-state index contributed by atoms with van der Waals surface area (Å²) in [5.41, 5.74) is 3.49. The zero-order valence-electron chi connectivity index (χ0n) is 16.4. The van der Waals surface area contributed by atoms with Crippen LogP contribution in [0.25, 0.3) is 0 Å². The van der Waals surface area contributed by atoms with Gasteiger partial charge in [-0.1, -0.05) is 23.2 Å². The van der Waals surface area contributed by atoms with Crippen LogP contribution in [0.15, 0.2) is 30.3 Å². The Bertz CT molecular complexity index is 842. The monoisotopic (exact) mass is 421 g/mol. The highest BCUT2D eigenvalue weighted by atomic mass is 35.5. The number of halogens is 2. The molecule has 2 aromatic rings. The lowest BCUT2D eigenvalue weighted by atomic mass is 10.1. The number of carbonyl (C=O) groups excluding carboxylic acids is 1. The van der Waals surface area contributed by atoms with Gasteiger partial charge in [0.1, 0.15) is 5.75 Å². The van der Waals surface area contributed by atoms with Gasteiger partial charge in [0.25, 0.3) is 5.91 Å². The van der Waals surface area contributed by atoms with Gasteiger partial charge in [-0.15, -0.1) is 0 Å². The Hall–Kier alpha value is -1.95. The molecule has 0 bridgehead atoms. The maximum Gasteiger partial charge on any atom is 0.262 e. The summed E-state index contributed by atoms with van der Waals surface area (Å²) < 4.78 is 5.60. The first-order valence-electron chi connectivity index (χ1n) is 9.26. The fourth-order valence-corrected chi connectivity index (χ4v) is 3.63. The number of hydrogen-bond donors (Lipinski definition) is 1. The van der Waals surface area contributed by atoms with E-state index in [2.05, 4.69) is 22.2 Å². The van der Waals surface area contributed by atoms with Gasteiger partial charge < -0.3 is 19.9 Å². The minimum absolute atomic E-state index is 0.0850. The third kappa shape index (κ3) is 5.10. The van der Waals surface area contributed by atoms with E-state index in [0.29, 0.717) is 21.5 Å². The van der Waals surface area contributed by atoms with Crippen molar-refractivity contribution in [2.75, 3.05) is 50.1 Å². The van der Waals surface area contributed by atoms with Crippen molar-refractivity contribution in [3.8, 4) is 5.75 Å². The van der Waals surface area contributed by atoms with Gasteiger partial charge in [0.05, 0.1) is 10.7 Å². The summed E-state index contributed by atoms with van der Waals surface area (Å²) in [6, 6.07) is 9.25. The second-order valence-corrected chi connectivity index (χ2v) is 7.95. The third-order valence-corrected chi connectivity index (χ3v) is 5.75. The Balaban J connectivity index is 1.57. The molecule has 0 aliphatic carbocycles. The van der Waals surface area contributed by atoms with E-state index in [9.17, 15) is 4.79 Å². The van der Waals surface area contributed by atoms with Crippen LogP contribution in [0.4, 0.5) is 11.4 Å². The van der Waals surface area contributed by atoms with Gasteiger partial charge in [0, 0.05) is 36.9 Å². The van der Waals surface area contributed by atoms with Crippen molar-refractivity contribution in [2.24, 2.45) is 0 Å². The Morgan fingerprint density at radius 2 is 1.71 bits per heavy atom. The molecule has 1 amide bonds. The van der Waals surface area contributed by atoms with Crippen molar-refractivity contribution in [1.82, 2.24) is 4.90 Å². The molecule has 0 spiro atoms. The van der Waals surface area contributed by atoms with Crippen LogP contribution in [0.2, 0.25) is 10.0 Å². The zero-order valence-corrected chi connectivity index (χ0v) is 17.9. The molecule has 0 atom stereocenters. The van der Waals surface area contributed by atoms with E-state index >= 15 is 0 Å². The number of carbonyl (C=O) groups is 1. The first-order chi connectivity index (χ1) is 13.3. The average Bonchev–Trinajstić information content (AvgIpc) is 2.65. The van der Waals surface area contributed by atoms with Gasteiger partial charge in [-0.25, -0.2) is 0 Å². The quantitative estimate of drug-likeness (QED) is 0.777. The minimum Gasteiger partial charge on any atom is -0.484 e. The maximum absolute atomic E-state index is 12.2. The molecule has 1 aliphatic heterocycles. The molecular formula is C21H25Cl2N3O2. The van der Waals surface area contributed by atoms with E-state index in [1.807, 2.05) is 38.1 Å². The number of piperazine rings is 1. The molecule has 150 valence electrons. The second kappa shape index (κ2) is 9.03. The van der Waals surface area contributed by atoms with Crippen molar-refractivity contribution in [3.63, 3.8) is 0 Å². The largest absolute Gasteiger partial charge is 0.484 e. The van der Waals surface area contributed by atoms with Gasteiger partial charge in [-0.05, 0) is 62.4 Å². The maximum atomic E-state index is 12.2. The van der Waals surface area contributed by atoms with Crippen molar-refractivity contribution < 1.29 is 9.53 Å². The van der Waals surface area contributed by atoms with Crippen molar-refractivity contribution >= 4 is 40.5 Å². The predicted octanol–water partition coefficient (Wildman–Crippen LogP) is 4.38. The fraction of sp³-hybridized carbons (Fsp3) is 0.381. The van der Waals surface area contributed by atoms with E-state index in [1.54, 1.807) is 6.07 Å². The van der Waals surface area contributed by atoms with Gasteiger partial charge in [-0.2, -0.15) is 0 Å². The smallest absolute Gasteiger partial charge is 0.262 e. The topological polar surface area (TPSA) is 44.8 Å². The van der Waals surface area contributed by atoms with Crippen LogP contribution in [0.1, 0.15) is 11.1 Å². The Kier molecular flexibility index (Phi) is 6.70. The summed E-state index contributed by atoms with van der Waals surface area (Å²) in [5.74, 6) is 0.381. The Labute approximate surface area is 176 Å². The number of ether oxygens (including phenoxy) is 1. The summed E-state index contributed by atoms with van der Waals surface area (Å²) in [6.07, 6.45) is 0. The minimum atomic E-state index is -0.242. The summed E-state index contributed by atoms with van der Waals surface area (Å²) in [5, 5.41) is 4.18. The average molecular weight is 422 g/mol. The molecule has 3 rings (SSSR count). The molecule has 5 nitrogen and oxygen atoms in total. The Morgan fingerprint density at radius 1 is 1.07 bits per heavy atom. The van der Waals surface area contributed by atoms with Crippen LogP contribution in [0.5, 0.6) is 5.75 Å². The second-order valence-electron chi connectivity index (χ2n) is 7.16. The van der Waals surface area contributed by atoms with Gasteiger partial charge in [-0.3, -0.25) is 4.79 Å². The first kappa shape index (κ1) is 20.8. The molecular weight excluding hydrogens is 397 g/mol. The lowest BCUT2D eigenvalue weighted by Gasteiger charge is -2.34. The van der Waals surface area contributed by atoms with Crippen molar-refractivity contribution in [2.45, 2.75) is 13.8 Å². The molecule has 1 fully saturated rings. The molecule has 1 saturated heterocycles. The molecule has 0 unspecified atom stereocenters. The first-order valence-corrected chi connectivity index (χ1v) is 10.0. The highest BCUT2D eigenvalue weighted by Crippen LogP contribution is 2.30. The SMILES string of the molecule is Cc1cc(OCC(=O)Nc2ccc(N3CCN(C)CC3)c(Cl)c2)cc(C)c1Cl. The lowest BCUT2D eigenvalue weighted by molar-refractivity contribution is -0.118. The highest BCUT2D eigenvalue weighted by Gasteiger charge is 2.17. The summed E-state index contributed by atoms with van der Waals surface area (Å²) >= 11 is 12.6. The number of amides is 1. The summed E-state index contributed by atoms with van der Waals surface area (Å²) in [4.78, 5) is 16.8. The number of likely N-dealkylation sites (N-methyl/N-ethyl adjacent to an activating group) is 1. The number of hydrogen-bond acceptors (Lipinski definition) is 4. The number of nitrogens with one attached hydrogen (secondary N) is 1. The van der Waals surface area contributed by atoms with E-state index in [1.165, 1.54) is 0 Å². The number of aryl methyl sites for hydroxylation is 2. The van der Waals surface area contributed by atoms with E-state index in [4.69, 9.17) is 27.9 Å². The van der Waals surface area contributed by atoms with Crippen LogP contribution >= 0.6 is 23.2 Å². The zero-order chi connectivity index (χ0) is 20.3. The lowest BCUT2D eigenvalue weighted by Crippen LogP contribution is -2.44. The highest BCUT2D eigenvalue weighted by molar-refractivity contribution is 6.33. The van der Waals surface area contributed by atoms with E-state index in [-0.39, 0.29) is 12.5 Å². The van der Waals surface area contributed by atoms with E-state index < -0.39 is 0 Å².